The first-order chi connectivity index (χ1) is 14.3. The number of guanidine groups is 1. The smallest absolute Gasteiger partial charge is 0.191 e. The summed E-state index contributed by atoms with van der Waals surface area (Å²) in [6.45, 7) is 13.5. The molecule has 1 atom stereocenters. The van der Waals surface area contributed by atoms with E-state index in [1.54, 1.807) is 0 Å². The van der Waals surface area contributed by atoms with Crippen LogP contribution in [0.3, 0.4) is 0 Å². The fourth-order valence-electron chi connectivity index (χ4n) is 4.86. The van der Waals surface area contributed by atoms with Crippen LogP contribution in [0.25, 0.3) is 0 Å². The van der Waals surface area contributed by atoms with Crippen molar-refractivity contribution in [2.24, 2.45) is 10.9 Å². The van der Waals surface area contributed by atoms with E-state index >= 15 is 0 Å². The molecular weight excluding hydrogens is 489 g/mol. The molecule has 30 heavy (non-hydrogen) atoms. The Morgan fingerprint density at radius 2 is 1.77 bits per heavy atom. The van der Waals surface area contributed by atoms with E-state index < -0.39 is 0 Å². The van der Waals surface area contributed by atoms with Crippen molar-refractivity contribution >= 4 is 29.9 Å². The van der Waals surface area contributed by atoms with E-state index in [1.165, 1.54) is 97.1 Å². The van der Waals surface area contributed by atoms with Gasteiger partial charge in [0, 0.05) is 45.4 Å². The molecule has 1 unspecified atom stereocenters. The highest BCUT2D eigenvalue weighted by Gasteiger charge is 2.24. The minimum atomic E-state index is 0. The van der Waals surface area contributed by atoms with E-state index in [1.807, 2.05) is 0 Å². The maximum absolute atomic E-state index is 5.53. The van der Waals surface area contributed by atoms with E-state index in [2.05, 4.69) is 27.4 Å². The van der Waals surface area contributed by atoms with Crippen molar-refractivity contribution in [2.75, 3.05) is 65.6 Å². The van der Waals surface area contributed by atoms with Crippen LogP contribution in [0.2, 0.25) is 0 Å². The first kappa shape index (κ1) is 26.1. The standard InChI is InChI=1S/C23H45N5O.HI/c1-2-24-23(25-12-5-3-6-13-27-14-7-4-8-15-27)26-22-9-16-28(17-10-22)19-21-11-18-29-20-21;/h21-22H,2-20H2,1H3,(H2,24,25,26);1H. The molecule has 0 amide bonds. The summed E-state index contributed by atoms with van der Waals surface area (Å²) in [5.74, 6) is 1.78. The molecule has 0 saturated carbocycles. The van der Waals surface area contributed by atoms with Gasteiger partial charge in [-0.1, -0.05) is 12.8 Å². The highest BCUT2D eigenvalue weighted by atomic mass is 127. The van der Waals surface area contributed by atoms with Gasteiger partial charge in [0.25, 0.3) is 0 Å². The van der Waals surface area contributed by atoms with Gasteiger partial charge < -0.3 is 25.2 Å². The third-order valence-corrected chi connectivity index (χ3v) is 6.66. The van der Waals surface area contributed by atoms with Gasteiger partial charge in [0.15, 0.2) is 5.96 Å². The van der Waals surface area contributed by atoms with Crippen LogP contribution in [0.5, 0.6) is 0 Å². The van der Waals surface area contributed by atoms with Crippen molar-refractivity contribution in [2.45, 2.75) is 70.8 Å². The predicted molar refractivity (Wildman–Crippen MR) is 137 cm³/mol. The minimum Gasteiger partial charge on any atom is -0.381 e. The zero-order valence-electron chi connectivity index (χ0n) is 19.2. The molecule has 0 aromatic carbocycles. The molecule has 0 aromatic heterocycles. The number of likely N-dealkylation sites (tertiary alicyclic amines) is 2. The van der Waals surface area contributed by atoms with E-state index in [9.17, 15) is 0 Å². The van der Waals surface area contributed by atoms with Crippen LogP contribution in [0.1, 0.15) is 64.7 Å². The van der Waals surface area contributed by atoms with Gasteiger partial charge >= 0.3 is 0 Å². The quantitative estimate of drug-likeness (QED) is 0.195. The number of hydrogen-bond donors (Lipinski definition) is 2. The Labute approximate surface area is 202 Å². The normalized spacial score (nSPS) is 24.6. The van der Waals surface area contributed by atoms with E-state index in [4.69, 9.17) is 9.73 Å². The summed E-state index contributed by atoms with van der Waals surface area (Å²) in [7, 11) is 0. The second kappa shape index (κ2) is 15.6. The van der Waals surface area contributed by atoms with Crippen molar-refractivity contribution in [1.82, 2.24) is 20.4 Å². The molecule has 6 nitrogen and oxygen atoms in total. The van der Waals surface area contributed by atoms with Gasteiger partial charge in [0.05, 0.1) is 6.61 Å². The molecule has 3 fully saturated rings. The zero-order valence-corrected chi connectivity index (χ0v) is 21.6. The number of ether oxygens (including phenoxy) is 1. The third kappa shape index (κ3) is 10.0. The molecule has 176 valence electrons. The van der Waals surface area contributed by atoms with Gasteiger partial charge in [-0.15, -0.1) is 24.0 Å². The molecule has 3 heterocycles. The highest BCUT2D eigenvalue weighted by Crippen LogP contribution is 2.17. The summed E-state index contributed by atoms with van der Waals surface area (Å²) in [5, 5.41) is 7.14. The Morgan fingerprint density at radius 1 is 0.967 bits per heavy atom. The number of aliphatic imine (C=N–C) groups is 1. The first-order valence-corrected chi connectivity index (χ1v) is 12.4. The minimum absolute atomic E-state index is 0. The molecule has 3 rings (SSSR count). The van der Waals surface area contributed by atoms with Gasteiger partial charge in [0.1, 0.15) is 0 Å². The van der Waals surface area contributed by atoms with Crippen LogP contribution in [0, 0.1) is 5.92 Å². The van der Waals surface area contributed by atoms with Crippen LogP contribution in [-0.2, 0) is 4.74 Å². The van der Waals surface area contributed by atoms with Gasteiger partial charge in [-0.3, -0.25) is 4.99 Å². The van der Waals surface area contributed by atoms with Gasteiger partial charge in [0.2, 0.25) is 0 Å². The maximum atomic E-state index is 5.53. The van der Waals surface area contributed by atoms with Crippen LogP contribution in [0.15, 0.2) is 4.99 Å². The zero-order chi connectivity index (χ0) is 20.2. The lowest BCUT2D eigenvalue weighted by atomic mass is 10.0. The molecule has 0 bridgehead atoms. The monoisotopic (exact) mass is 535 g/mol. The van der Waals surface area contributed by atoms with Crippen molar-refractivity contribution < 1.29 is 4.74 Å². The molecular formula is C23H46IN5O. The van der Waals surface area contributed by atoms with Crippen molar-refractivity contribution in [1.29, 1.82) is 0 Å². The summed E-state index contributed by atoms with van der Waals surface area (Å²) in [4.78, 5) is 10.1. The van der Waals surface area contributed by atoms with Crippen molar-refractivity contribution in [3.05, 3.63) is 0 Å². The van der Waals surface area contributed by atoms with Crippen molar-refractivity contribution in [3.63, 3.8) is 0 Å². The number of piperidine rings is 2. The van der Waals surface area contributed by atoms with Gasteiger partial charge in [-0.25, -0.2) is 0 Å². The van der Waals surface area contributed by atoms with Crippen LogP contribution in [-0.4, -0.2) is 87.4 Å². The average molecular weight is 536 g/mol. The molecule has 3 saturated heterocycles. The Morgan fingerprint density at radius 3 is 2.47 bits per heavy atom. The number of nitrogens with zero attached hydrogens (tertiary/aromatic N) is 3. The number of halogens is 1. The summed E-state index contributed by atoms with van der Waals surface area (Å²) in [5.41, 5.74) is 0. The number of nitrogens with one attached hydrogen (secondary N) is 2. The second-order valence-electron chi connectivity index (χ2n) is 9.17. The molecule has 7 heteroatoms. The summed E-state index contributed by atoms with van der Waals surface area (Å²) >= 11 is 0. The molecule has 3 aliphatic heterocycles. The predicted octanol–water partition coefficient (Wildman–Crippen LogP) is 3.32. The Hall–Kier alpha value is -0.120. The number of unbranched alkanes of at least 4 members (excludes halogenated alkanes) is 2. The third-order valence-electron chi connectivity index (χ3n) is 6.66. The summed E-state index contributed by atoms with van der Waals surface area (Å²) < 4.78 is 5.53. The molecule has 0 aliphatic carbocycles. The van der Waals surface area contributed by atoms with E-state index in [0.717, 1.165) is 38.2 Å². The topological polar surface area (TPSA) is 52.1 Å². The highest BCUT2D eigenvalue weighted by molar-refractivity contribution is 14.0. The Kier molecular flexibility index (Phi) is 13.6. The largest absolute Gasteiger partial charge is 0.381 e. The number of rotatable bonds is 10. The lowest BCUT2D eigenvalue weighted by molar-refractivity contribution is 0.150. The summed E-state index contributed by atoms with van der Waals surface area (Å²) in [6.07, 6.45) is 11.7. The van der Waals surface area contributed by atoms with Crippen molar-refractivity contribution in [3.8, 4) is 0 Å². The Bertz CT molecular complexity index is 459. The first-order valence-electron chi connectivity index (χ1n) is 12.4. The van der Waals surface area contributed by atoms with Crippen LogP contribution >= 0.6 is 24.0 Å². The molecule has 2 N–H and O–H groups in total. The van der Waals surface area contributed by atoms with Crippen LogP contribution < -0.4 is 10.6 Å². The van der Waals surface area contributed by atoms with E-state index in [-0.39, 0.29) is 24.0 Å². The van der Waals surface area contributed by atoms with Gasteiger partial charge in [-0.2, -0.15) is 0 Å². The number of hydrogen-bond acceptors (Lipinski definition) is 4. The lowest BCUT2D eigenvalue weighted by Gasteiger charge is -2.34. The molecule has 0 radical (unpaired) electrons. The molecule has 0 spiro atoms. The molecule has 0 aromatic rings. The SMILES string of the molecule is CCNC(=NCCCCCN1CCCCC1)NC1CCN(CC2CCOC2)CC1.I. The molecule has 3 aliphatic rings. The fourth-order valence-corrected chi connectivity index (χ4v) is 4.86. The second-order valence-corrected chi connectivity index (χ2v) is 9.17. The van der Waals surface area contributed by atoms with E-state index in [0.29, 0.717) is 6.04 Å². The Balaban J connectivity index is 0.00000320. The lowest BCUT2D eigenvalue weighted by Crippen LogP contribution is -2.49. The summed E-state index contributed by atoms with van der Waals surface area (Å²) in [6, 6.07) is 0.558. The fraction of sp³-hybridized carbons (Fsp3) is 0.957. The van der Waals surface area contributed by atoms with Crippen LogP contribution in [0.4, 0.5) is 0 Å². The van der Waals surface area contributed by atoms with Gasteiger partial charge in [-0.05, 0) is 77.4 Å². The average Bonchev–Trinajstić information content (AvgIpc) is 3.26. The maximum Gasteiger partial charge on any atom is 0.191 e.